The van der Waals surface area contributed by atoms with Crippen molar-refractivity contribution in [3.8, 4) is 0 Å². The number of ether oxygens (including phenoxy) is 2. The van der Waals surface area contributed by atoms with Crippen LogP contribution in [0.1, 0.15) is 12.5 Å². The number of rotatable bonds is 3. The zero-order valence-corrected chi connectivity index (χ0v) is 11.3. The molecule has 1 aliphatic rings. The first-order valence-corrected chi connectivity index (χ1v) is 6.22. The maximum atomic E-state index is 11.5. The molecule has 96 valence electrons. The summed E-state index contributed by atoms with van der Waals surface area (Å²) in [6.07, 6.45) is 0. The molecule has 1 aromatic carbocycles. The molecule has 0 radical (unpaired) electrons. The van der Waals surface area contributed by atoms with E-state index < -0.39 is 11.7 Å². The van der Waals surface area contributed by atoms with Gasteiger partial charge in [0.25, 0.3) is 5.72 Å². The Bertz CT molecular complexity index is 485. The standard InChI is InChI=1S/C12H12BrNO4/c1-2-17-11(15)12(16)7-18-10(14-12)8-3-5-9(13)6-4-8/h3-6,16H,2,7H2,1H3. The molecule has 1 unspecified atom stereocenters. The lowest BCUT2D eigenvalue weighted by Crippen LogP contribution is -2.39. The van der Waals surface area contributed by atoms with Crippen LogP contribution in [0.2, 0.25) is 0 Å². The summed E-state index contributed by atoms with van der Waals surface area (Å²) >= 11 is 3.32. The van der Waals surface area contributed by atoms with Crippen LogP contribution in [0.15, 0.2) is 33.7 Å². The van der Waals surface area contributed by atoms with Crippen LogP contribution in [0.5, 0.6) is 0 Å². The van der Waals surface area contributed by atoms with Crippen molar-refractivity contribution in [1.29, 1.82) is 0 Å². The SMILES string of the molecule is CCOC(=O)C1(O)COC(c2ccc(Br)cc2)=N1. The van der Waals surface area contributed by atoms with Gasteiger partial charge in [0.2, 0.25) is 5.90 Å². The molecule has 0 amide bonds. The molecule has 1 atom stereocenters. The smallest absolute Gasteiger partial charge is 0.365 e. The highest BCUT2D eigenvalue weighted by atomic mass is 79.9. The van der Waals surface area contributed by atoms with Crippen molar-refractivity contribution < 1.29 is 19.4 Å². The number of esters is 1. The first-order chi connectivity index (χ1) is 8.55. The van der Waals surface area contributed by atoms with E-state index in [-0.39, 0.29) is 19.1 Å². The van der Waals surface area contributed by atoms with Crippen LogP contribution in [0, 0.1) is 0 Å². The van der Waals surface area contributed by atoms with E-state index in [0.717, 1.165) is 4.47 Å². The molecule has 0 aromatic heterocycles. The van der Waals surface area contributed by atoms with Crippen molar-refractivity contribution in [3.63, 3.8) is 0 Å². The largest absolute Gasteiger partial charge is 0.472 e. The van der Waals surface area contributed by atoms with Gasteiger partial charge in [0.1, 0.15) is 0 Å². The Kier molecular flexibility index (Phi) is 3.68. The van der Waals surface area contributed by atoms with Gasteiger partial charge in [-0.25, -0.2) is 9.79 Å². The molecule has 1 aliphatic heterocycles. The minimum atomic E-state index is -1.93. The Morgan fingerprint density at radius 3 is 2.83 bits per heavy atom. The minimum absolute atomic E-state index is 0.185. The van der Waals surface area contributed by atoms with E-state index in [1.165, 1.54) is 0 Å². The summed E-state index contributed by atoms with van der Waals surface area (Å²) in [6.45, 7) is 1.62. The Hall–Kier alpha value is -1.40. The van der Waals surface area contributed by atoms with Crippen LogP contribution in [-0.4, -0.2) is 35.9 Å². The van der Waals surface area contributed by atoms with E-state index in [4.69, 9.17) is 9.47 Å². The summed E-state index contributed by atoms with van der Waals surface area (Å²) in [4.78, 5) is 15.4. The first kappa shape index (κ1) is 13.0. The average Bonchev–Trinajstić information content (AvgIpc) is 2.75. The molecule has 6 heteroatoms. The molecule has 1 heterocycles. The highest BCUT2D eigenvalue weighted by Gasteiger charge is 2.44. The summed E-state index contributed by atoms with van der Waals surface area (Å²) in [6, 6.07) is 7.20. The number of benzene rings is 1. The van der Waals surface area contributed by atoms with Gasteiger partial charge >= 0.3 is 5.97 Å². The zero-order valence-electron chi connectivity index (χ0n) is 9.72. The molecular formula is C12H12BrNO4. The van der Waals surface area contributed by atoms with Crippen molar-refractivity contribution in [2.24, 2.45) is 4.99 Å². The number of hydrogen-bond donors (Lipinski definition) is 1. The Balaban J connectivity index is 2.22. The molecule has 0 fully saturated rings. The van der Waals surface area contributed by atoms with Gasteiger partial charge in [0, 0.05) is 10.0 Å². The van der Waals surface area contributed by atoms with Crippen molar-refractivity contribution in [2.45, 2.75) is 12.6 Å². The van der Waals surface area contributed by atoms with Gasteiger partial charge in [-0.05, 0) is 31.2 Å². The highest BCUT2D eigenvalue weighted by molar-refractivity contribution is 9.10. The van der Waals surface area contributed by atoms with Crippen LogP contribution in [0.4, 0.5) is 0 Å². The lowest BCUT2D eigenvalue weighted by atomic mass is 10.2. The normalized spacial score (nSPS) is 22.3. The lowest BCUT2D eigenvalue weighted by molar-refractivity contribution is -0.165. The van der Waals surface area contributed by atoms with Crippen LogP contribution in [-0.2, 0) is 14.3 Å². The second-order valence-corrected chi connectivity index (χ2v) is 4.67. The van der Waals surface area contributed by atoms with Gasteiger partial charge in [-0.2, -0.15) is 0 Å². The molecule has 0 bridgehead atoms. The van der Waals surface area contributed by atoms with Crippen molar-refractivity contribution in [2.75, 3.05) is 13.2 Å². The third-order valence-corrected chi connectivity index (χ3v) is 2.92. The van der Waals surface area contributed by atoms with Crippen molar-refractivity contribution in [1.82, 2.24) is 0 Å². The Morgan fingerprint density at radius 2 is 2.22 bits per heavy atom. The molecule has 0 aliphatic carbocycles. The van der Waals surface area contributed by atoms with Gasteiger partial charge in [-0.1, -0.05) is 15.9 Å². The molecule has 2 rings (SSSR count). The van der Waals surface area contributed by atoms with Crippen LogP contribution >= 0.6 is 15.9 Å². The summed E-state index contributed by atoms with van der Waals surface area (Å²) in [5.41, 5.74) is -1.24. The van der Waals surface area contributed by atoms with E-state index in [1.807, 2.05) is 12.1 Å². The van der Waals surface area contributed by atoms with Gasteiger partial charge in [-0.3, -0.25) is 0 Å². The molecule has 5 nitrogen and oxygen atoms in total. The summed E-state index contributed by atoms with van der Waals surface area (Å²) in [5.74, 6) is -0.560. The topological polar surface area (TPSA) is 68.1 Å². The molecular weight excluding hydrogens is 302 g/mol. The fourth-order valence-corrected chi connectivity index (χ4v) is 1.76. The number of carbonyl (C=O) groups excluding carboxylic acids is 1. The first-order valence-electron chi connectivity index (χ1n) is 5.43. The van der Waals surface area contributed by atoms with Gasteiger partial charge in [-0.15, -0.1) is 0 Å². The quantitative estimate of drug-likeness (QED) is 0.858. The van der Waals surface area contributed by atoms with Crippen LogP contribution in [0.3, 0.4) is 0 Å². The lowest BCUT2D eigenvalue weighted by Gasteiger charge is -2.13. The number of hydrogen-bond acceptors (Lipinski definition) is 5. The molecule has 0 saturated heterocycles. The Morgan fingerprint density at radius 1 is 1.56 bits per heavy atom. The predicted octanol–water partition coefficient (Wildman–Crippen LogP) is 1.48. The fourth-order valence-electron chi connectivity index (χ4n) is 1.49. The van der Waals surface area contributed by atoms with Gasteiger partial charge in [0.15, 0.2) is 6.61 Å². The van der Waals surface area contributed by atoms with Crippen molar-refractivity contribution >= 4 is 27.8 Å². The highest BCUT2D eigenvalue weighted by Crippen LogP contribution is 2.22. The van der Waals surface area contributed by atoms with E-state index in [9.17, 15) is 9.90 Å². The summed E-state index contributed by atoms with van der Waals surface area (Å²) < 4.78 is 10.9. The Labute approximate surface area is 113 Å². The molecule has 18 heavy (non-hydrogen) atoms. The minimum Gasteiger partial charge on any atom is -0.472 e. The third kappa shape index (κ3) is 2.54. The number of nitrogens with zero attached hydrogens (tertiary/aromatic N) is 1. The summed E-state index contributed by atoms with van der Waals surface area (Å²) in [7, 11) is 0. The zero-order chi connectivity index (χ0) is 13.2. The van der Waals surface area contributed by atoms with Crippen LogP contribution in [0.25, 0.3) is 0 Å². The number of halogens is 1. The molecule has 0 spiro atoms. The van der Waals surface area contributed by atoms with Crippen LogP contribution < -0.4 is 0 Å². The van der Waals surface area contributed by atoms with Crippen molar-refractivity contribution in [3.05, 3.63) is 34.3 Å². The van der Waals surface area contributed by atoms with E-state index in [1.54, 1.807) is 19.1 Å². The molecule has 1 aromatic rings. The molecule has 1 N–H and O–H groups in total. The second kappa shape index (κ2) is 5.07. The van der Waals surface area contributed by atoms with Gasteiger partial charge < -0.3 is 14.6 Å². The van der Waals surface area contributed by atoms with Gasteiger partial charge in [0.05, 0.1) is 6.61 Å². The number of carbonyl (C=O) groups is 1. The monoisotopic (exact) mass is 313 g/mol. The third-order valence-electron chi connectivity index (χ3n) is 2.39. The van der Waals surface area contributed by atoms with E-state index >= 15 is 0 Å². The summed E-state index contributed by atoms with van der Waals surface area (Å²) in [5, 5.41) is 9.98. The maximum Gasteiger partial charge on any atom is 0.365 e. The molecule has 0 saturated carbocycles. The fraction of sp³-hybridized carbons (Fsp3) is 0.333. The number of aliphatic imine (C=N–C) groups is 1. The number of aliphatic hydroxyl groups is 1. The predicted molar refractivity (Wildman–Crippen MR) is 68.2 cm³/mol. The second-order valence-electron chi connectivity index (χ2n) is 3.75. The maximum absolute atomic E-state index is 11.5. The van der Waals surface area contributed by atoms with E-state index in [0.29, 0.717) is 5.56 Å². The average molecular weight is 314 g/mol. The van der Waals surface area contributed by atoms with E-state index in [2.05, 4.69) is 20.9 Å².